The zero-order chi connectivity index (χ0) is 9.90. The highest BCUT2D eigenvalue weighted by atomic mass is 31.2. The van der Waals surface area contributed by atoms with E-state index in [1.54, 1.807) is 18.2 Å². The largest absolute Gasteiger partial charge is 0.368 e. The van der Waals surface area contributed by atoms with E-state index in [-0.39, 0.29) is 5.30 Å². The molecule has 0 saturated heterocycles. The van der Waals surface area contributed by atoms with Crippen molar-refractivity contribution in [2.24, 2.45) is 0 Å². The molecule has 0 amide bonds. The fourth-order valence-electron chi connectivity index (χ4n) is 0.884. The second-order valence-corrected chi connectivity index (χ2v) is 4.33. The molecule has 0 aromatic heterocycles. The second kappa shape index (κ2) is 4.03. The van der Waals surface area contributed by atoms with Gasteiger partial charge in [-0.05, 0) is 19.1 Å². The quantitative estimate of drug-likeness (QED) is 0.563. The van der Waals surface area contributed by atoms with Crippen LogP contribution in [0.3, 0.4) is 0 Å². The van der Waals surface area contributed by atoms with Gasteiger partial charge < -0.3 is 10.00 Å². The van der Waals surface area contributed by atoms with Gasteiger partial charge in [-0.25, -0.2) is 0 Å². The van der Waals surface area contributed by atoms with Crippen LogP contribution >= 0.6 is 7.60 Å². The van der Waals surface area contributed by atoms with Crippen LogP contribution < -0.4 is 5.30 Å². The van der Waals surface area contributed by atoms with E-state index in [0.717, 1.165) is 0 Å². The van der Waals surface area contributed by atoms with E-state index in [4.69, 9.17) is 5.11 Å². The zero-order valence-electron chi connectivity index (χ0n) is 7.12. The van der Waals surface area contributed by atoms with Crippen molar-refractivity contribution in [2.45, 2.75) is 13.2 Å². The maximum Gasteiger partial charge on any atom is 0.361 e. The van der Waals surface area contributed by atoms with E-state index in [2.05, 4.69) is 4.52 Å². The first-order chi connectivity index (χ1) is 6.02. The third-order valence-electron chi connectivity index (χ3n) is 1.38. The van der Waals surface area contributed by atoms with Crippen LogP contribution in [0.25, 0.3) is 0 Å². The highest BCUT2D eigenvalue weighted by Crippen LogP contribution is 2.41. The van der Waals surface area contributed by atoms with Gasteiger partial charge in [0.25, 0.3) is 0 Å². The number of aliphatic hydroxyl groups is 1. The predicted octanol–water partition coefficient (Wildman–Crippen LogP) is 0.852. The van der Waals surface area contributed by atoms with Gasteiger partial charge in [-0.1, -0.05) is 18.2 Å². The normalized spacial score (nSPS) is 17.8. The Hall–Kier alpha value is -0.670. The summed E-state index contributed by atoms with van der Waals surface area (Å²) in [5.41, 5.74) is 0. The number of benzene rings is 1. The molecule has 0 spiro atoms. The van der Waals surface area contributed by atoms with Crippen molar-refractivity contribution >= 4 is 12.9 Å². The van der Waals surface area contributed by atoms with E-state index in [1.807, 2.05) is 0 Å². The summed E-state index contributed by atoms with van der Waals surface area (Å²) in [7, 11) is -3.85. The molecule has 2 N–H and O–H groups in total. The fraction of sp³-hybridized carbons (Fsp3) is 0.250. The smallest absolute Gasteiger partial charge is 0.361 e. The van der Waals surface area contributed by atoms with Crippen LogP contribution in [0.4, 0.5) is 0 Å². The lowest BCUT2D eigenvalue weighted by Crippen LogP contribution is -2.12. The number of aliphatic hydroxyl groups excluding tert-OH is 1. The van der Waals surface area contributed by atoms with Gasteiger partial charge in [-0.2, -0.15) is 0 Å². The monoisotopic (exact) mass is 202 g/mol. The molecule has 1 rings (SSSR count). The standard InChI is InChI=1S/C8H11O4P/c1-7(9)12-13(10,11)8-5-3-2-4-6-8/h2-7,9H,1H3,(H,10,11). The number of hydrogen-bond donors (Lipinski definition) is 2. The summed E-state index contributed by atoms with van der Waals surface area (Å²) in [4.78, 5) is 9.33. The third kappa shape index (κ3) is 2.94. The highest BCUT2D eigenvalue weighted by Gasteiger charge is 2.23. The van der Waals surface area contributed by atoms with Gasteiger partial charge in [-0.3, -0.25) is 9.09 Å². The average molecular weight is 202 g/mol. The van der Waals surface area contributed by atoms with Crippen LogP contribution in [0.5, 0.6) is 0 Å². The van der Waals surface area contributed by atoms with Crippen LogP contribution in [-0.4, -0.2) is 16.3 Å². The van der Waals surface area contributed by atoms with Crippen molar-refractivity contribution in [3.63, 3.8) is 0 Å². The van der Waals surface area contributed by atoms with Gasteiger partial charge >= 0.3 is 7.60 Å². The minimum atomic E-state index is -3.85. The Labute approximate surface area is 76.3 Å². The van der Waals surface area contributed by atoms with E-state index in [1.165, 1.54) is 19.1 Å². The Morgan fingerprint density at radius 1 is 1.38 bits per heavy atom. The van der Waals surface area contributed by atoms with Crippen LogP contribution in [0, 0.1) is 0 Å². The molecule has 0 aliphatic carbocycles. The molecular weight excluding hydrogens is 191 g/mol. The van der Waals surface area contributed by atoms with Crippen LogP contribution in [0.15, 0.2) is 30.3 Å². The molecule has 0 aliphatic heterocycles. The van der Waals surface area contributed by atoms with Gasteiger partial charge in [0.05, 0.1) is 5.30 Å². The molecule has 0 radical (unpaired) electrons. The summed E-state index contributed by atoms with van der Waals surface area (Å²) in [5.74, 6) is 0. The topological polar surface area (TPSA) is 66.8 Å². The Morgan fingerprint density at radius 3 is 2.38 bits per heavy atom. The Balaban J connectivity index is 2.88. The molecule has 2 unspecified atom stereocenters. The van der Waals surface area contributed by atoms with Gasteiger partial charge in [0.15, 0.2) is 6.29 Å². The molecule has 5 heteroatoms. The Bertz CT molecular complexity index is 309. The molecule has 4 nitrogen and oxygen atoms in total. The summed E-state index contributed by atoms with van der Waals surface area (Å²) < 4.78 is 15.9. The molecule has 13 heavy (non-hydrogen) atoms. The average Bonchev–Trinajstić information content (AvgIpc) is 2.04. The van der Waals surface area contributed by atoms with Crippen molar-refractivity contribution in [3.05, 3.63) is 30.3 Å². The zero-order valence-corrected chi connectivity index (χ0v) is 8.02. The molecule has 2 atom stereocenters. The van der Waals surface area contributed by atoms with E-state index >= 15 is 0 Å². The lowest BCUT2D eigenvalue weighted by molar-refractivity contribution is -0.00539. The van der Waals surface area contributed by atoms with Gasteiger partial charge in [0.1, 0.15) is 0 Å². The van der Waals surface area contributed by atoms with Crippen molar-refractivity contribution in [2.75, 3.05) is 0 Å². The summed E-state index contributed by atoms with van der Waals surface area (Å²) in [6.45, 7) is 1.28. The number of hydrogen-bond acceptors (Lipinski definition) is 3. The van der Waals surface area contributed by atoms with E-state index < -0.39 is 13.9 Å². The summed E-state index contributed by atoms with van der Waals surface area (Å²) in [5, 5.41) is 8.97. The Morgan fingerprint density at radius 2 is 1.92 bits per heavy atom. The first-order valence-electron chi connectivity index (χ1n) is 3.77. The SMILES string of the molecule is CC(O)OP(=O)(O)c1ccccc1. The Kier molecular flexibility index (Phi) is 3.22. The minimum Gasteiger partial charge on any atom is -0.368 e. The van der Waals surface area contributed by atoms with E-state index in [0.29, 0.717) is 0 Å². The van der Waals surface area contributed by atoms with Gasteiger partial charge in [0.2, 0.25) is 0 Å². The molecule has 0 bridgehead atoms. The highest BCUT2D eigenvalue weighted by molar-refractivity contribution is 7.61. The van der Waals surface area contributed by atoms with Crippen LogP contribution in [0.2, 0.25) is 0 Å². The maximum atomic E-state index is 11.4. The van der Waals surface area contributed by atoms with Crippen molar-refractivity contribution < 1.29 is 19.1 Å². The van der Waals surface area contributed by atoms with Crippen LogP contribution in [-0.2, 0) is 9.09 Å². The van der Waals surface area contributed by atoms with Gasteiger partial charge in [0, 0.05) is 0 Å². The van der Waals surface area contributed by atoms with Crippen molar-refractivity contribution in [1.29, 1.82) is 0 Å². The van der Waals surface area contributed by atoms with E-state index in [9.17, 15) is 9.46 Å². The molecule has 1 aromatic carbocycles. The second-order valence-electron chi connectivity index (χ2n) is 2.56. The molecule has 72 valence electrons. The van der Waals surface area contributed by atoms with Crippen LogP contribution in [0.1, 0.15) is 6.92 Å². The third-order valence-corrected chi connectivity index (χ3v) is 2.92. The molecule has 0 fully saturated rings. The molecule has 0 heterocycles. The molecule has 0 saturated carbocycles. The summed E-state index contributed by atoms with van der Waals surface area (Å²) in [6, 6.07) is 7.94. The lowest BCUT2D eigenvalue weighted by atomic mass is 10.4. The van der Waals surface area contributed by atoms with Gasteiger partial charge in [-0.15, -0.1) is 0 Å². The van der Waals surface area contributed by atoms with Crippen molar-refractivity contribution in [1.82, 2.24) is 0 Å². The lowest BCUT2D eigenvalue weighted by Gasteiger charge is -2.13. The first kappa shape index (κ1) is 10.4. The maximum absolute atomic E-state index is 11.4. The molecule has 1 aromatic rings. The molecule has 0 aliphatic rings. The summed E-state index contributed by atoms with van der Waals surface area (Å²) in [6.07, 6.45) is -1.25. The summed E-state index contributed by atoms with van der Waals surface area (Å²) >= 11 is 0. The first-order valence-corrected chi connectivity index (χ1v) is 5.35. The minimum absolute atomic E-state index is 0.177. The van der Waals surface area contributed by atoms with Crippen molar-refractivity contribution in [3.8, 4) is 0 Å². The predicted molar refractivity (Wildman–Crippen MR) is 48.7 cm³/mol. The number of rotatable bonds is 3. The molecular formula is C8H11O4P. The fourth-order valence-corrected chi connectivity index (χ4v) is 1.97.